The lowest BCUT2D eigenvalue weighted by atomic mass is 10.3. The molecule has 0 amide bonds. The van der Waals surface area contributed by atoms with E-state index in [0.717, 1.165) is 35.5 Å². The molecule has 2 aromatic rings. The Morgan fingerprint density at radius 2 is 1.93 bits per heavy atom. The fraction of sp³-hybridized carbons (Fsp3) is 0.455. The highest BCUT2D eigenvalue weighted by atomic mass is 15.0. The van der Waals surface area contributed by atoms with Crippen LogP contribution in [0.2, 0.25) is 0 Å². The van der Waals surface area contributed by atoms with Crippen LogP contribution in [0, 0.1) is 13.8 Å². The SMILES string of the molecule is CCCn1ccc2nc(C)c(C)nc21. The molecule has 0 fully saturated rings. The van der Waals surface area contributed by atoms with E-state index in [4.69, 9.17) is 0 Å². The number of hydrogen-bond acceptors (Lipinski definition) is 2. The van der Waals surface area contributed by atoms with Gasteiger partial charge in [0.15, 0.2) is 5.65 Å². The summed E-state index contributed by atoms with van der Waals surface area (Å²) in [6, 6.07) is 2.03. The van der Waals surface area contributed by atoms with Crippen LogP contribution in [0.25, 0.3) is 11.2 Å². The van der Waals surface area contributed by atoms with Crippen LogP contribution in [0.3, 0.4) is 0 Å². The Morgan fingerprint density at radius 1 is 1.21 bits per heavy atom. The summed E-state index contributed by atoms with van der Waals surface area (Å²) < 4.78 is 2.16. The molecular weight excluding hydrogens is 174 g/mol. The highest BCUT2D eigenvalue weighted by Crippen LogP contribution is 2.13. The van der Waals surface area contributed by atoms with Crippen LogP contribution in [-0.4, -0.2) is 14.5 Å². The summed E-state index contributed by atoms with van der Waals surface area (Å²) >= 11 is 0. The molecule has 0 aliphatic heterocycles. The second-order valence-electron chi connectivity index (χ2n) is 3.61. The molecule has 0 aromatic carbocycles. The molecule has 2 heterocycles. The summed E-state index contributed by atoms with van der Waals surface area (Å²) in [4.78, 5) is 9.05. The van der Waals surface area contributed by atoms with Crippen molar-refractivity contribution >= 4 is 11.2 Å². The van der Waals surface area contributed by atoms with Gasteiger partial charge in [0.25, 0.3) is 0 Å². The average molecular weight is 189 g/mol. The van der Waals surface area contributed by atoms with Gasteiger partial charge in [-0.2, -0.15) is 0 Å². The molecule has 0 saturated carbocycles. The van der Waals surface area contributed by atoms with Gasteiger partial charge in [-0.1, -0.05) is 6.92 Å². The summed E-state index contributed by atoms with van der Waals surface area (Å²) in [6.45, 7) is 7.19. The van der Waals surface area contributed by atoms with Gasteiger partial charge in [-0.3, -0.25) is 0 Å². The van der Waals surface area contributed by atoms with E-state index < -0.39 is 0 Å². The highest BCUT2D eigenvalue weighted by Gasteiger charge is 2.05. The van der Waals surface area contributed by atoms with E-state index >= 15 is 0 Å². The van der Waals surface area contributed by atoms with Crippen molar-refractivity contribution in [1.29, 1.82) is 0 Å². The first-order chi connectivity index (χ1) is 6.72. The Balaban J connectivity index is 2.61. The summed E-state index contributed by atoms with van der Waals surface area (Å²) in [5.41, 5.74) is 4.05. The molecule has 0 spiro atoms. The Kier molecular flexibility index (Phi) is 2.23. The van der Waals surface area contributed by atoms with Crippen molar-refractivity contribution in [3.8, 4) is 0 Å². The second kappa shape index (κ2) is 3.40. The Morgan fingerprint density at radius 3 is 2.64 bits per heavy atom. The number of nitrogens with zero attached hydrogens (tertiary/aromatic N) is 3. The third-order valence-corrected chi connectivity index (χ3v) is 2.46. The van der Waals surface area contributed by atoms with E-state index in [1.54, 1.807) is 0 Å². The molecule has 0 aliphatic rings. The summed E-state index contributed by atoms with van der Waals surface area (Å²) in [5, 5.41) is 0. The lowest BCUT2D eigenvalue weighted by Gasteiger charge is -2.03. The van der Waals surface area contributed by atoms with Gasteiger partial charge >= 0.3 is 0 Å². The average Bonchev–Trinajstić information content (AvgIpc) is 2.51. The van der Waals surface area contributed by atoms with E-state index in [1.165, 1.54) is 0 Å². The first kappa shape index (κ1) is 9.19. The standard InChI is InChI=1S/C11H15N3/c1-4-6-14-7-5-10-11(14)13-9(3)8(2)12-10/h5,7H,4,6H2,1-3H3. The summed E-state index contributed by atoms with van der Waals surface area (Å²) in [6.07, 6.45) is 3.19. The summed E-state index contributed by atoms with van der Waals surface area (Å²) in [5.74, 6) is 0. The molecule has 0 unspecified atom stereocenters. The van der Waals surface area contributed by atoms with E-state index in [2.05, 4.69) is 27.7 Å². The predicted molar refractivity (Wildman–Crippen MR) is 57.3 cm³/mol. The maximum atomic E-state index is 4.55. The zero-order chi connectivity index (χ0) is 10.1. The Labute approximate surface area is 83.8 Å². The van der Waals surface area contributed by atoms with Gasteiger partial charge in [0.05, 0.1) is 11.4 Å². The molecule has 0 aliphatic carbocycles. The molecule has 2 rings (SSSR count). The molecule has 0 atom stereocenters. The van der Waals surface area contributed by atoms with E-state index in [9.17, 15) is 0 Å². The van der Waals surface area contributed by atoms with Crippen molar-refractivity contribution in [2.24, 2.45) is 0 Å². The topological polar surface area (TPSA) is 30.7 Å². The Hall–Kier alpha value is -1.38. The van der Waals surface area contributed by atoms with Crippen molar-refractivity contribution in [1.82, 2.24) is 14.5 Å². The lowest BCUT2D eigenvalue weighted by molar-refractivity contribution is 0.696. The van der Waals surface area contributed by atoms with Gasteiger partial charge in [-0.05, 0) is 26.3 Å². The predicted octanol–water partition coefficient (Wildman–Crippen LogP) is 2.46. The number of hydrogen-bond donors (Lipinski definition) is 0. The van der Waals surface area contributed by atoms with Crippen LogP contribution in [0.4, 0.5) is 0 Å². The molecule has 14 heavy (non-hydrogen) atoms. The molecule has 74 valence electrons. The lowest BCUT2D eigenvalue weighted by Crippen LogP contribution is -1.99. The first-order valence-corrected chi connectivity index (χ1v) is 5.02. The van der Waals surface area contributed by atoms with Crippen LogP contribution < -0.4 is 0 Å². The van der Waals surface area contributed by atoms with Gasteiger partial charge in [0.1, 0.15) is 5.52 Å². The second-order valence-corrected chi connectivity index (χ2v) is 3.61. The van der Waals surface area contributed by atoms with Crippen molar-refractivity contribution in [2.45, 2.75) is 33.7 Å². The fourth-order valence-corrected chi connectivity index (χ4v) is 1.58. The third-order valence-electron chi connectivity index (χ3n) is 2.46. The molecule has 0 N–H and O–H groups in total. The maximum absolute atomic E-state index is 4.55. The van der Waals surface area contributed by atoms with Crippen LogP contribution in [0.5, 0.6) is 0 Å². The normalized spacial score (nSPS) is 11.1. The van der Waals surface area contributed by atoms with Gasteiger partial charge in [0, 0.05) is 12.7 Å². The number of aromatic nitrogens is 3. The minimum absolute atomic E-state index is 1.00. The highest BCUT2D eigenvalue weighted by molar-refractivity contribution is 5.71. The van der Waals surface area contributed by atoms with Crippen molar-refractivity contribution < 1.29 is 0 Å². The molecule has 0 radical (unpaired) electrons. The van der Waals surface area contributed by atoms with Gasteiger partial charge in [-0.15, -0.1) is 0 Å². The van der Waals surface area contributed by atoms with Crippen molar-refractivity contribution in [3.63, 3.8) is 0 Å². The molecule has 0 saturated heterocycles. The monoisotopic (exact) mass is 189 g/mol. The number of rotatable bonds is 2. The minimum atomic E-state index is 1.00. The largest absolute Gasteiger partial charge is 0.331 e. The quantitative estimate of drug-likeness (QED) is 0.726. The van der Waals surface area contributed by atoms with Gasteiger partial charge in [0.2, 0.25) is 0 Å². The van der Waals surface area contributed by atoms with Crippen molar-refractivity contribution in [3.05, 3.63) is 23.7 Å². The van der Waals surface area contributed by atoms with Crippen LogP contribution in [0.1, 0.15) is 24.7 Å². The smallest absolute Gasteiger partial charge is 0.158 e. The third kappa shape index (κ3) is 1.39. The van der Waals surface area contributed by atoms with Crippen molar-refractivity contribution in [2.75, 3.05) is 0 Å². The van der Waals surface area contributed by atoms with E-state index in [-0.39, 0.29) is 0 Å². The molecule has 2 aromatic heterocycles. The minimum Gasteiger partial charge on any atom is -0.331 e. The number of fused-ring (bicyclic) bond motifs is 1. The van der Waals surface area contributed by atoms with Crippen LogP contribution >= 0.6 is 0 Å². The van der Waals surface area contributed by atoms with Gasteiger partial charge < -0.3 is 4.57 Å². The summed E-state index contributed by atoms with van der Waals surface area (Å²) in [7, 11) is 0. The van der Waals surface area contributed by atoms with Gasteiger partial charge in [-0.25, -0.2) is 9.97 Å². The van der Waals surface area contributed by atoms with E-state index in [1.807, 2.05) is 19.9 Å². The maximum Gasteiger partial charge on any atom is 0.158 e. The molecule has 3 nitrogen and oxygen atoms in total. The van der Waals surface area contributed by atoms with Crippen LogP contribution in [0.15, 0.2) is 12.3 Å². The molecule has 0 bridgehead atoms. The first-order valence-electron chi connectivity index (χ1n) is 5.02. The number of aryl methyl sites for hydroxylation is 3. The fourth-order valence-electron chi connectivity index (χ4n) is 1.58. The zero-order valence-corrected chi connectivity index (χ0v) is 8.91. The van der Waals surface area contributed by atoms with Crippen LogP contribution in [-0.2, 0) is 6.54 Å². The zero-order valence-electron chi connectivity index (χ0n) is 8.91. The van der Waals surface area contributed by atoms with E-state index in [0.29, 0.717) is 0 Å². The molecular formula is C11H15N3. The molecule has 3 heteroatoms. The Bertz CT molecular complexity index is 457.